The van der Waals surface area contributed by atoms with Crippen molar-refractivity contribution in [2.24, 2.45) is 0 Å². The fraction of sp³-hybridized carbons (Fsp3) is 0.350. The molecule has 5 nitrogen and oxygen atoms in total. The summed E-state index contributed by atoms with van der Waals surface area (Å²) in [5, 5.41) is 18.2. The van der Waals surface area contributed by atoms with Gasteiger partial charge in [0.1, 0.15) is 4.75 Å². The van der Waals surface area contributed by atoms with E-state index in [1.54, 1.807) is 0 Å². The summed E-state index contributed by atoms with van der Waals surface area (Å²) in [4.78, 5) is 13.1. The van der Waals surface area contributed by atoms with Crippen LogP contribution in [0, 0.1) is 11.6 Å². The molecule has 2 aromatic carbocycles. The first-order valence-electron chi connectivity index (χ1n) is 9.80. The van der Waals surface area contributed by atoms with Gasteiger partial charge in [0.05, 0.1) is 13.7 Å². The van der Waals surface area contributed by atoms with Crippen molar-refractivity contribution in [3.8, 4) is 5.75 Å². The number of carbonyl (C=O) groups excluding carboxylic acids is 1. The maximum Gasteiger partial charge on any atom is 0.488 e. The molecule has 1 fully saturated rings. The number of amides is 1. The maximum atomic E-state index is 14.3. The Morgan fingerprint density at radius 3 is 2.41 bits per heavy atom. The van der Waals surface area contributed by atoms with Crippen molar-refractivity contribution in [1.82, 2.24) is 0 Å². The van der Waals surface area contributed by atoms with E-state index in [2.05, 4.69) is 5.32 Å². The van der Waals surface area contributed by atoms with Crippen LogP contribution in [0.3, 0.4) is 0 Å². The lowest BCUT2D eigenvalue weighted by atomic mass is 9.80. The molecule has 0 bridgehead atoms. The number of alkyl halides is 3. The molecule has 1 heterocycles. The number of carbonyl (C=O) groups is 1. The molecule has 12 heteroatoms. The molecule has 2 aromatic rings. The molecule has 3 rings (SSSR count). The molecule has 0 aliphatic carbocycles. The molecule has 0 saturated carbocycles. The van der Waals surface area contributed by atoms with Gasteiger partial charge in [0.25, 0.3) is 0 Å². The molecular weight excluding hydrogens is 456 g/mol. The van der Waals surface area contributed by atoms with Crippen LogP contribution in [-0.4, -0.2) is 46.3 Å². The second kappa shape index (κ2) is 8.91. The molecule has 3 atom stereocenters. The van der Waals surface area contributed by atoms with Crippen molar-refractivity contribution in [3.05, 3.63) is 53.6 Å². The van der Waals surface area contributed by atoms with E-state index in [1.807, 2.05) is 0 Å². The van der Waals surface area contributed by atoms with Crippen molar-refractivity contribution in [3.63, 3.8) is 0 Å². The van der Waals surface area contributed by atoms with Crippen molar-refractivity contribution in [2.45, 2.75) is 35.4 Å². The summed E-state index contributed by atoms with van der Waals surface area (Å²) in [7, 11) is -0.754. The average molecular weight is 476 g/mol. The zero-order valence-corrected chi connectivity index (χ0v) is 17.7. The fourth-order valence-corrected chi connectivity index (χ4v) is 4.77. The van der Waals surface area contributed by atoms with Crippen molar-refractivity contribution in [2.75, 3.05) is 12.4 Å². The quantitative estimate of drug-likeness (QED) is 0.457. The molecule has 3 N–H and O–H groups in total. The van der Waals surface area contributed by atoms with E-state index in [-0.39, 0.29) is 28.5 Å². The predicted molar refractivity (Wildman–Crippen MR) is 111 cm³/mol. The van der Waals surface area contributed by atoms with Gasteiger partial charge < -0.3 is 20.1 Å². The molecule has 0 unspecified atom stereocenters. The monoisotopic (exact) mass is 476 g/mol. The van der Waals surface area contributed by atoms with Crippen LogP contribution in [0.4, 0.5) is 27.6 Å². The van der Waals surface area contributed by atoms with E-state index in [4.69, 9.17) is 16.2 Å². The van der Waals surface area contributed by atoms with E-state index in [0.29, 0.717) is 6.07 Å². The Kier molecular flexibility index (Phi) is 6.37. The standard InChI is InChI=1S/C20H19BF5NO4S/c1-19(20(24,25)26)9-13(12-7-8-14(22)15(23)16(12)31-2)17(32-19)18(28)27-11-5-3-10(4-6-11)21(29)30/h3-8,13,17,29-30H,9H2,1-2H3,(H,27,28)/t13-,17+,19+/m0/s1/i17D. The first-order valence-corrected chi connectivity index (χ1v) is 10.1. The highest BCUT2D eigenvalue weighted by atomic mass is 32.2. The zero-order valence-electron chi connectivity index (χ0n) is 17.8. The van der Waals surface area contributed by atoms with E-state index in [9.17, 15) is 26.7 Å². The lowest BCUT2D eigenvalue weighted by molar-refractivity contribution is -0.155. The Morgan fingerprint density at radius 2 is 1.88 bits per heavy atom. The SMILES string of the molecule is [2H][C@@]1(C(=O)Nc2ccc(B(O)O)cc2)S[C@@](C)(C(F)(F)F)C[C@H]1c1ccc(F)c(F)c1OC. The van der Waals surface area contributed by atoms with Crippen LogP contribution in [0.25, 0.3) is 0 Å². The summed E-state index contributed by atoms with van der Waals surface area (Å²) in [5.74, 6) is -6.00. The summed E-state index contributed by atoms with van der Waals surface area (Å²) >= 11 is 0.0677. The minimum atomic E-state index is -4.80. The first-order chi connectivity index (χ1) is 15.2. The highest BCUT2D eigenvalue weighted by Gasteiger charge is 2.60. The van der Waals surface area contributed by atoms with Gasteiger partial charge in [-0.1, -0.05) is 18.2 Å². The van der Waals surface area contributed by atoms with Gasteiger partial charge in [-0.15, -0.1) is 11.8 Å². The minimum Gasteiger partial charge on any atom is -0.493 e. The van der Waals surface area contributed by atoms with Gasteiger partial charge in [0.15, 0.2) is 11.6 Å². The van der Waals surface area contributed by atoms with E-state index >= 15 is 0 Å². The summed E-state index contributed by atoms with van der Waals surface area (Å²) < 4.78 is 80.7. The van der Waals surface area contributed by atoms with E-state index in [1.165, 1.54) is 24.3 Å². The van der Waals surface area contributed by atoms with Crippen LogP contribution in [0.1, 0.15) is 26.2 Å². The summed E-state index contributed by atoms with van der Waals surface area (Å²) in [6.45, 7) is 0.845. The Hall–Kier alpha value is -2.31. The molecular formula is C20H19BF5NO4S. The van der Waals surface area contributed by atoms with Crippen LogP contribution in [0.5, 0.6) is 5.75 Å². The second-order valence-electron chi connectivity index (χ2n) is 7.39. The van der Waals surface area contributed by atoms with Crippen molar-refractivity contribution < 1.29 is 42.9 Å². The van der Waals surface area contributed by atoms with E-state index < -0.39 is 58.9 Å². The number of hydrogen-bond acceptors (Lipinski definition) is 5. The third kappa shape index (κ3) is 4.57. The number of ether oxygens (including phenoxy) is 1. The van der Waals surface area contributed by atoms with E-state index in [0.717, 1.165) is 20.1 Å². The van der Waals surface area contributed by atoms with Crippen LogP contribution in [0.2, 0.25) is 0 Å². The molecule has 1 amide bonds. The molecule has 0 spiro atoms. The summed E-state index contributed by atoms with van der Waals surface area (Å²) in [5.41, 5.74) is -0.0353. The number of rotatable bonds is 5. The topological polar surface area (TPSA) is 78.8 Å². The highest BCUT2D eigenvalue weighted by molar-refractivity contribution is 8.02. The fourth-order valence-electron chi connectivity index (χ4n) is 3.43. The maximum absolute atomic E-state index is 14.3. The molecule has 1 saturated heterocycles. The normalized spacial score (nSPS) is 25.9. The predicted octanol–water partition coefficient (Wildman–Crippen LogP) is 3.20. The number of halogens is 5. The van der Waals surface area contributed by atoms with Crippen LogP contribution < -0.4 is 15.5 Å². The van der Waals surface area contributed by atoms with Gasteiger partial charge in [-0.2, -0.15) is 17.6 Å². The van der Waals surface area contributed by atoms with Gasteiger partial charge in [0, 0.05) is 17.2 Å². The minimum absolute atomic E-state index is 0.0677. The average Bonchev–Trinajstić information content (AvgIpc) is 3.03. The number of thioether (sulfide) groups is 1. The molecule has 1 aliphatic rings. The Morgan fingerprint density at radius 1 is 1.25 bits per heavy atom. The lowest BCUT2D eigenvalue weighted by Crippen LogP contribution is -2.37. The van der Waals surface area contributed by atoms with Crippen LogP contribution in [-0.2, 0) is 4.79 Å². The van der Waals surface area contributed by atoms with Gasteiger partial charge in [0.2, 0.25) is 11.7 Å². The van der Waals surface area contributed by atoms with Crippen molar-refractivity contribution >= 4 is 35.9 Å². The number of hydrogen-bond donors (Lipinski definition) is 3. The summed E-state index contributed by atoms with van der Waals surface area (Å²) in [6.07, 6.45) is -5.56. The largest absolute Gasteiger partial charge is 0.493 e. The number of anilines is 1. The Bertz CT molecular complexity index is 1060. The summed E-state index contributed by atoms with van der Waals surface area (Å²) in [6, 6.07) is 6.83. The zero-order chi connectivity index (χ0) is 24.8. The number of methoxy groups -OCH3 is 1. The van der Waals surface area contributed by atoms with Gasteiger partial charge in [-0.05, 0) is 37.0 Å². The molecule has 1 aliphatic heterocycles. The van der Waals surface area contributed by atoms with Gasteiger partial charge >= 0.3 is 13.3 Å². The molecule has 32 heavy (non-hydrogen) atoms. The molecule has 0 aromatic heterocycles. The number of benzene rings is 2. The third-order valence-corrected chi connectivity index (χ3v) is 6.73. The third-order valence-electron chi connectivity index (χ3n) is 5.20. The van der Waals surface area contributed by atoms with Crippen molar-refractivity contribution in [1.29, 1.82) is 0 Å². The molecule has 172 valence electrons. The lowest BCUT2D eigenvalue weighted by Gasteiger charge is -2.26. The Labute approximate surface area is 186 Å². The van der Waals surface area contributed by atoms with Gasteiger partial charge in [-0.25, -0.2) is 4.39 Å². The first kappa shape index (κ1) is 22.9. The smallest absolute Gasteiger partial charge is 0.488 e. The van der Waals surface area contributed by atoms with Gasteiger partial charge in [-0.3, -0.25) is 4.79 Å². The Balaban J connectivity index is 2.05. The van der Waals surface area contributed by atoms with Crippen LogP contribution in [0.15, 0.2) is 36.4 Å². The second-order valence-corrected chi connectivity index (χ2v) is 8.93. The molecule has 0 radical (unpaired) electrons. The van der Waals surface area contributed by atoms with Crippen LogP contribution >= 0.6 is 11.8 Å². The highest BCUT2D eigenvalue weighted by Crippen LogP contribution is 2.59. The number of nitrogens with one attached hydrogen (secondary N) is 1.